The summed E-state index contributed by atoms with van der Waals surface area (Å²) in [6.07, 6.45) is 0. The molecule has 0 N–H and O–H groups in total. The summed E-state index contributed by atoms with van der Waals surface area (Å²) >= 11 is 0. The number of rotatable bonds is 3. The Kier molecular flexibility index (Phi) is 3.96. The van der Waals surface area contributed by atoms with Gasteiger partial charge in [-0.3, -0.25) is 0 Å². The summed E-state index contributed by atoms with van der Waals surface area (Å²) < 4.78 is 0. The summed E-state index contributed by atoms with van der Waals surface area (Å²) in [5.74, 6) is -0.664. The monoisotopic (exact) mass is 246 g/mol. The fourth-order valence-corrected chi connectivity index (χ4v) is 2.05. The molecule has 0 aliphatic rings. The molecule has 0 aromatic heterocycles. The molecule has 0 radical (unpaired) electrons. The van der Waals surface area contributed by atoms with Crippen LogP contribution in [-0.4, -0.2) is 0 Å². The molecular weight excluding hydrogens is 232 g/mol. The summed E-state index contributed by atoms with van der Waals surface area (Å²) in [4.78, 5) is 0. The molecule has 0 saturated heterocycles. The van der Waals surface area contributed by atoms with Crippen molar-refractivity contribution < 1.29 is 0 Å². The van der Waals surface area contributed by atoms with Crippen LogP contribution >= 0.6 is 0 Å². The average Bonchev–Trinajstić information content (AvgIpc) is 2.49. The lowest BCUT2D eigenvalue weighted by Crippen LogP contribution is -2.05. The van der Waals surface area contributed by atoms with Gasteiger partial charge in [0, 0.05) is 5.92 Å². The first-order valence-corrected chi connectivity index (χ1v) is 6.21. The minimum absolute atomic E-state index is 0.0696. The lowest BCUT2D eigenvalue weighted by atomic mass is 9.88. The van der Waals surface area contributed by atoms with Crippen LogP contribution in [0.4, 0.5) is 0 Å². The predicted octanol–water partition coefficient (Wildman–Crippen LogP) is 4.12. The maximum absolute atomic E-state index is 8.92. The van der Waals surface area contributed by atoms with Crippen LogP contribution in [0.25, 0.3) is 11.1 Å². The second-order valence-corrected chi connectivity index (χ2v) is 4.51. The Morgan fingerprint density at radius 1 is 0.789 bits per heavy atom. The molecule has 0 aliphatic carbocycles. The molecule has 2 aromatic carbocycles. The molecule has 2 rings (SSSR count). The Bertz CT molecular complexity index is 601. The molecule has 0 fully saturated rings. The van der Waals surface area contributed by atoms with Crippen LogP contribution in [0.15, 0.2) is 54.6 Å². The summed E-state index contributed by atoms with van der Waals surface area (Å²) in [6, 6.07) is 22.3. The third-order valence-electron chi connectivity index (χ3n) is 3.32. The van der Waals surface area contributed by atoms with Crippen molar-refractivity contribution in [2.45, 2.75) is 12.8 Å². The van der Waals surface area contributed by atoms with Crippen molar-refractivity contribution in [3.63, 3.8) is 0 Å². The van der Waals surface area contributed by atoms with Gasteiger partial charge < -0.3 is 0 Å². The molecule has 0 bridgehead atoms. The van der Waals surface area contributed by atoms with E-state index in [-0.39, 0.29) is 5.92 Å². The fourth-order valence-electron chi connectivity index (χ4n) is 2.05. The fraction of sp³-hybridized carbons (Fsp3) is 0.176. The van der Waals surface area contributed by atoms with Crippen molar-refractivity contribution in [3.8, 4) is 23.3 Å². The minimum Gasteiger partial charge on any atom is -0.197 e. The van der Waals surface area contributed by atoms with Crippen molar-refractivity contribution in [2.24, 2.45) is 5.92 Å². The SMILES string of the molecule is CC(c1ccc(-c2ccccc2)cc1)C(C#N)C#N. The molecule has 1 atom stereocenters. The van der Waals surface area contributed by atoms with E-state index in [0.717, 1.165) is 11.1 Å². The van der Waals surface area contributed by atoms with E-state index in [1.165, 1.54) is 5.56 Å². The molecule has 0 amide bonds. The third kappa shape index (κ3) is 2.81. The zero-order valence-electron chi connectivity index (χ0n) is 10.7. The lowest BCUT2D eigenvalue weighted by molar-refractivity contribution is 0.670. The van der Waals surface area contributed by atoms with Gasteiger partial charge in [-0.15, -0.1) is 0 Å². The highest BCUT2D eigenvalue weighted by Crippen LogP contribution is 2.26. The first-order valence-electron chi connectivity index (χ1n) is 6.21. The van der Waals surface area contributed by atoms with Gasteiger partial charge in [-0.05, 0) is 16.7 Å². The van der Waals surface area contributed by atoms with Crippen molar-refractivity contribution in [1.82, 2.24) is 0 Å². The summed E-state index contributed by atoms with van der Waals surface area (Å²) in [5.41, 5.74) is 3.33. The lowest BCUT2D eigenvalue weighted by Gasteiger charge is -2.12. The highest BCUT2D eigenvalue weighted by Gasteiger charge is 2.17. The van der Waals surface area contributed by atoms with E-state index >= 15 is 0 Å². The summed E-state index contributed by atoms with van der Waals surface area (Å²) in [5, 5.41) is 17.8. The molecule has 0 aliphatic heterocycles. The topological polar surface area (TPSA) is 47.6 Å². The van der Waals surface area contributed by atoms with Gasteiger partial charge in [-0.25, -0.2) is 0 Å². The molecule has 0 saturated carbocycles. The molecule has 1 unspecified atom stereocenters. The highest BCUT2D eigenvalue weighted by molar-refractivity contribution is 5.63. The van der Waals surface area contributed by atoms with E-state index in [1.807, 2.05) is 61.5 Å². The van der Waals surface area contributed by atoms with Crippen LogP contribution in [0.5, 0.6) is 0 Å². The Morgan fingerprint density at radius 2 is 1.32 bits per heavy atom. The van der Waals surface area contributed by atoms with Gasteiger partial charge in [0.05, 0.1) is 12.1 Å². The van der Waals surface area contributed by atoms with Crippen molar-refractivity contribution in [1.29, 1.82) is 10.5 Å². The predicted molar refractivity (Wildman–Crippen MR) is 75.0 cm³/mol. The maximum atomic E-state index is 8.92. The van der Waals surface area contributed by atoms with Gasteiger partial charge >= 0.3 is 0 Å². The molecule has 92 valence electrons. The molecule has 0 spiro atoms. The van der Waals surface area contributed by atoms with Crippen LogP contribution in [0.1, 0.15) is 18.4 Å². The smallest absolute Gasteiger partial charge is 0.139 e. The van der Waals surface area contributed by atoms with Crippen molar-refractivity contribution >= 4 is 0 Å². The van der Waals surface area contributed by atoms with Crippen LogP contribution in [0.2, 0.25) is 0 Å². The Hall–Kier alpha value is -2.58. The summed E-state index contributed by atoms with van der Waals surface area (Å²) in [7, 11) is 0. The molecule has 2 aromatic rings. The zero-order valence-corrected chi connectivity index (χ0v) is 10.7. The van der Waals surface area contributed by atoms with E-state index in [9.17, 15) is 0 Å². The molecule has 19 heavy (non-hydrogen) atoms. The quantitative estimate of drug-likeness (QED) is 0.817. The van der Waals surface area contributed by atoms with Gasteiger partial charge in [-0.2, -0.15) is 10.5 Å². The second kappa shape index (κ2) is 5.85. The normalized spacial score (nSPS) is 11.6. The average molecular weight is 246 g/mol. The molecule has 2 nitrogen and oxygen atoms in total. The zero-order chi connectivity index (χ0) is 13.7. The first-order chi connectivity index (χ1) is 9.26. The van der Waals surface area contributed by atoms with E-state index in [1.54, 1.807) is 0 Å². The molecular formula is C17H14N2. The van der Waals surface area contributed by atoms with Gasteiger partial charge in [0.15, 0.2) is 0 Å². The third-order valence-corrected chi connectivity index (χ3v) is 3.32. The van der Waals surface area contributed by atoms with Crippen molar-refractivity contribution in [2.75, 3.05) is 0 Å². The van der Waals surface area contributed by atoms with Gasteiger partial charge in [0.2, 0.25) is 0 Å². The molecule has 0 heterocycles. The van der Waals surface area contributed by atoms with Gasteiger partial charge in [0.1, 0.15) is 5.92 Å². The number of benzene rings is 2. The largest absolute Gasteiger partial charge is 0.197 e. The standard InChI is InChI=1S/C17H14N2/c1-13(17(11-18)12-19)14-7-9-16(10-8-14)15-5-3-2-4-6-15/h2-10,13,17H,1H3. The Balaban J connectivity index is 2.25. The van der Waals surface area contributed by atoms with E-state index < -0.39 is 5.92 Å². The van der Waals surface area contributed by atoms with E-state index in [4.69, 9.17) is 10.5 Å². The van der Waals surface area contributed by atoms with Crippen LogP contribution in [0, 0.1) is 28.6 Å². The van der Waals surface area contributed by atoms with Crippen LogP contribution in [0.3, 0.4) is 0 Å². The minimum atomic E-state index is -0.595. The van der Waals surface area contributed by atoms with Gasteiger partial charge in [0.25, 0.3) is 0 Å². The number of hydrogen-bond donors (Lipinski definition) is 0. The first kappa shape index (κ1) is 12.9. The highest BCUT2D eigenvalue weighted by atomic mass is 14.3. The second-order valence-electron chi connectivity index (χ2n) is 4.51. The number of hydrogen-bond acceptors (Lipinski definition) is 2. The number of nitrogens with zero attached hydrogens (tertiary/aromatic N) is 2. The van der Waals surface area contributed by atoms with Crippen LogP contribution in [-0.2, 0) is 0 Å². The summed E-state index contributed by atoms with van der Waals surface area (Å²) in [6.45, 7) is 1.91. The Morgan fingerprint density at radius 3 is 1.84 bits per heavy atom. The molecule has 2 heteroatoms. The number of nitriles is 2. The Labute approximate surface area is 113 Å². The maximum Gasteiger partial charge on any atom is 0.139 e. The van der Waals surface area contributed by atoms with E-state index in [0.29, 0.717) is 0 Å². The van der Waals surface area contributed by atoms with Crippen LogP contribution < -0.4 is 0 Å². The van der Waals surface area contributed by atoms with E-state index in [2.05, 4.69) is 12.1 Å². The van der Waals surface area contributed by atoms with Gasteiger partial charge in [-0.1, -0.05) is 61.5 Å². The van der Waals surface area contributed by atoms with Crippen molar-refractivity contribution in [3.05, 3.63) is 60.2 Å².